The first kappa shape index (κ1) is 12.2. The molecule has 2 aromatic rings. The van der Waals surface area contributed by atoms with Crippen LogP contribution in [0.2, 0.25) is 0 Å². The smallest absolute Gasteiger partial charge is 0.335 e. The average molecular weight is 246 g/mol. The number of methoxy groups -OCH3 is 1. The number of aromatic nitrogens is 2. The van der Waals surface area contributed by atoms with Gasteiger partial charge in [0.15, 0.2) is 0 Å². The van der Waals surface area contributed by atoms with Crippen LogP contribution in [0.15, 0.2) is 30.5 Å². The summed E-state index contributed by atoms with van der Waals surface area (Å²) in [6.45, 7) is 2.43. The maximum absolute atomic E-state index is 11.0. The highest BCUT2D eigenvalue weighted by Gasteiger charge is 2.10. The third kappa shape index (κ3) is 2.34. The first-order valence-electron chi connectivity index (χ1n) is 5.50. The summed E-state index contributed by atoms with van der Waals surface area (Å²) in [6, 6.07) is 6.70. The molecule has 0 amide bonds. The minimum Gasteiger partial charge on any atom is -0.496 e. The Morgan fingerprint density at radius 2 is 2.22 bits per heavy atom. The van der Waals surface area contributed by atoms with Crippen molar-refractivity contribution in [2.75, 3.05) is 7.11 Å². The molecule has 0 aliphatic heterocycles. The van der Waals surface area contributed by atoms with E-state index in [9.17, 15) is 4.79 Å². The topological polar surface area (TPSA) is 64.3 Å². The molecule has 1 N–H and O–H groups in total. The molecule has 0 aliphatic rings. The van der Waals surface area contributed by atoms with Gasteiger partial charge >= 0.3 is 5.97 Å². The summed E-state index contributed by atoms with van der Waals surface area (Å²) in [7, 11) is 1.56. The van der Waals surface area contributed by atoms with Gasteiger partial charge in [-0.05, 0) is 31.2 Å². The van der Waals surface area contributed by atoms with Gasteiger partial charge in [-0.2, -0.15) is 5.10 Å². The minimum absolute atomic E-state index is 0.246. The summed E-state index contributed by atoms with van der Waals surface area (Å²) in [6.07, 6.45) is 1.71. The zero-order valence-electron chi connectivity index (χ0n) is 10.3. The lowest BCUT2D eigenvalue weighted by Gasteiger charge is -2.10. The lowest BCUT2D eigenvalue weighted by molar-refractivity contribution is 0.0696. The largest absolute Gasteiger partial charge is 0.496 e. The third-order valence-corrected chi connectivity index (χ3v) is 2.78. The standard InChI is InChI=1S/C13H14N2O3/c1-9-5-6-14-15(9)8-11-7-10(13(16)17)3-4-12(11)18-2/h3-7H,8H2,1-2H3,(H,16,17). The summed E-state index contributed by atoms with van der Waals surface area (Å²) in [5.74, 6) is -0.286. The Kier molecular flexibility index (Phi) is 3.32. The Hall–Kier alpha value is -2.30. The van der Waals surface area contributed by atoms with E-state index in [0.717, 1.165) is 11.3 Å². The zero-order valence-corrected chi connectivity index (χ0v) is 10.3. The van der Waals surface area contributed by atoms with E-state index in [0.29, 0.717) is 12.3 Å². The van der Waals surface area contributed by atoms with Gasteiger partial charge in [0, 0.05) is 17.5 Å². The molecule has 0 spiro atoms. The van der Waals surface area contributed by atoms with Crippen molar-refractivity contribution < 1.29 is 14.6 Å². The number of aryl methyl sites for hydroxylation is 1. The Morgan fingerprint density at radius 3 is 2.78 bits per heavy atom. The van der Waals surface area contributed by atoms with Gasteiger partial charge in [0.25, 0.3) is 0 Å². The number of rotatable bonds is 4. The number of carboxylic acid groups (broad SMARTS) is 1. The Morgan fingerprint density at radius 1 is 1.44 bits per heavy atom. The second-order valence-electron chi connectivity index (χ2n) is 3.96. The third-order valence-electron chi connectivity index (χ3n) is 2.78. The highest BCUT2D eigenvalue weighted by Crippen LogP contribution is 2.21. The molecule has 18 heavy (non-hydrogen) atoms. The molecule has 0 radical (unpaired) electrons. The van der Waals surface area contributed by atoms with Crippen molar-refractivity contribution in [3.63, 3.8) is 0 Å². The van der Waals surface area contributed by atoms with Crippen LogP contribution < -0.4 is 4.74 Å². The molecular weight excluding hydrogens is 232 g/mol. The van der Waals surface area contributed by atoms with E-state index in [4.69, 9.17) is 9.84 Å². The fraction of sp³-hybridized carbons (Fsp3) is 0.231. The molecule has 0 saturated carbocycles. The van der Waals surface area contributed by atoms with Crippen LogP contribution in [-0.4, -0.2) is 28.0 Å². The molecule has 0 unspecified atom stereocenters. The van der Waals surface area contributed by atoms with Gasteiger partial charge in [0.1, 0.15) is 5.75 Å². The van der Waals surface area contributed by atoms with Crippen LogP contribution in [0.1, 0.15) is 21.6 Å². The molecule has 2 rings (SSSR count). The van der Waals surface area contributed by atoms with E-state index in [2.05, 4.69) is 5.10 Å². The van der Waals surface area contributed by atoms with Gasteiger partial charge in [-0.3, -0.25) is 4.68 Å². The van der Waals surface area contributed by atoms with Crippen molar-refractivity contribution in [2.45, 2.75) is 13.5 Å². The monoisotopic (exact) mass is 246 g/mol. The molecule has 0 aliphatic carbocycles. The lowest BCUT2D eigenvalue weighted by atomic mass is 10.1. The molecule has 0 saturated heterocycles. The summed E-state index contributed by atoms with van der Waals surface area (Å²) in [4.78, 5) is 11.0. The maximum atomic E-state index is 11.0. The number of hydrogen-bond acceptors (Lipinski definition) is 3. The number of aromatic carboxylic acids is 1. The van der Waals surface area contributed by atoms with Gasteiger partial charge in [0.2, 0.25) is 0 Å². The van der Waals surface area contributed by atoms with Crippen LogP contribution in [-0.2, 0) is 6.54 Å². The van der Waals surface area contributed by atoms with Crippen molar-refractivity contribution >= 4 is 5.97 Å². The highest BCUT2D eigenvalue weighted by molar-refractivity contribution is 5.88. The number of hydrogen-bond donors (Lipinski definition) is 1. The first-order valence-corrected chi connectivity index (χ1v) is 5.50. The predicted molar refractivity (Wildman–Crippen MR) is 66.0 cm³/mol. The van der Waals surface area contributed by atoms with E-state index < -0.39 is 5.97 Å². The van der Waals surface area contributed by atoms with Crippen LogP contribution in [0.3, 0.4) is 0 Å². The average Bonchev–Trinajstić information content (AvgIpc) is 2.75. The molecule has 0 atom stereocenters. The Balaban J connectivity index is 2.38. The second-order valence-corrected chi connectivity index (χ2v) is 3.96. The van der Waals surface area contributed by atoms with E-state index in [1.54, 1.807) is 30.1 Å². The molecule has 5 nitrogen and oxygen atoms in total. The van der Waals surface area contributed by atoms with Gasteiger partial charge in [-0.15, -0.1) is 0 Å². The molecule has 1 heterocycles. The predicted octanol–water partition coefficient (Wildman–Crippen LogP) is 1.95. The highest BCUT2D eigenvalue weighted by atomic mass is 16.5. The first-order chi connectivity index (χ1) is 8.61. The molecule has 94 valence electrons. The minimum atomic E-state index is -0.948. The Labute approximate surface area is 105 Å². The van der Waals surface area contributed by atoms with Crippen molar-refractivity contribution in [1.82, 2.24) is 9.78 Å². The number of nitrogens with zero attached hydrogens (tertiary/aromatic N) is 2. The molecule has 5 heteroatoms. The number of carbonyl (C=O) groups is 1. The van der Waals surface area contributed by atoms with Gasteiger partial charge in [0.05, 0.1) is 19.2 Å². The maximum Gasteiger partial charge on any atom is 0.335 e. The fourth-order valence-electron chi connectivity index (χ4n) is 1.76. The summed E-state index contributed by atoms with van der Waals surface area (Å²) in [5, 5.41) is 13.2. The normalized spacial score (nSPS) is 10.3. The van der Waals surface area contributed by atoms with Gasteiger partial charge < -0.3 is 9.84 Å². The SMILES string of the molecule is COc1ccc(C(=O)O)cc1Cn1nccc1C. The number of ether oxygens (including phenoxy) is 1. The van der Waals surface area contributed by atoms with E-state index >= 15 is 0 Å². The fourth-order valence-corrected chi connectivity index (χ4v) is 1.76. The van der Waals surface area contributed by atoms with E-state index in [1.165, 1.54) is 6.07 Å². The quantitative estimate of drug-likeness (QED) is 0.895. The van der Waals surface area contributed by atoms with E-state index in [-0.39, 0.29) is 5.56 Å². The van der Waals surface area contributed by atoms with Crippen LogP contribution in [0.4, 0.5) is 0 Å². The van der Waals surface area contributed by atoms with Crippen molar-refractivity contribution in [3.05, 3.63) is 47.3 Å². The second kappa shape index (κ2) is 4.91. The van der Waals surface area contributed by atoms with Crippen LogP contribution in [0, 0.1) is 6.92 Å². The molecule has 0 fully saturated rings. The summed E-state index contributed by atoms with van der Waals surface area (Å²) in [5.41, 5.74) is 2.05. The van der Waals surface area contributed by atoms with E-state index in [1.807, 2.05) is 13.0 Å². The Bertz CT molecular complexity index is 575. The summed E-state index contributed by atoms with van der Waals surface area (Å²) >= 11 is 0. The summed E-state index contributed by atoms with van der Waals surface area (Å²) < 4.78 is 7.03. The molecular formula is C13H14N2O3. The van der Waals surface area contributed by atoms with Crippen molar-refractivity contribution in [3.8, 4) is 5.75 Å². The number of benzene rings is 1. The zero-order chi connectivity index (χ0) is 13.1. The van der Waals surface area contributed by atoms with Crippen molar-refractivity contribution in [1.29, 1.82) is 0 Å². The molecule has 1 aromatic heterocycles. The van der Waals surface area contributed by atoms with Crippen LogP contribution in [0.25, 0.3) is 0 Å². The van der Waals surface area contributed by atoms with Crippen LogP contribution in [0.5, 0.6) is 5.75 Å². The van der Waals surface area contributed by atoms with Gasteiger partial charge in [-0.25, -0.2) is 4.79 Å². The van der Waals surface area contributed by atoms with Crippen molar-refractivity contribution in [2.24, 2.45) is 0 Å². The van der Waals surface area contributed by atoms with Gasteiger partial charge in [-0.1, -0.05) is 0 Å². The van der Waals surface area contributed by atoms with Crippen LogP contribution >= 0.6 is 0 Å². The number of carboxylic acids is 1. The lowest BCUT2D eigenvalue weighted by Crippen LogP contribution is -2.07. The molecule has 1 aromatic carbocycles. The molecule has 0 bridgehead atoms.